The molecule has 0 saturated carbocycles. The molecule has 1 N–H and O–H groups in total. The molecule has 124 valence electrons. The molecule has 0 aliphatic rings. The van der Waals surface area contributed by atoms with Crippen LogP contribution in [-0.2, 0) is 13.0 Å². The van der Waals surface area contributed by atoms with Gasteiger partial charge >= 0.3 is 6.36 Å². The normalized spacial score (nSPS) is 11.2. The van der Waals surface area contributed by atoms with Crippen molar-refractivity contribution in [2.24, 2.45) is 0 Å². The van der Waals surface area contributed by atoms with Crippen LogP contribution in [0.15, 0.2) is 36.4 Å². The number of halogens is 3. The van der Waals surface area contributed by atoms with Gasteiger partial charge in [0, 0.05) is 30.4 Å². The first-order chi connectivity index (χ1) is 10.9. The van der Waals surface area contributed by atoms with Crippen LogP contribution >= 0.6 is 0 Å². The van der Waals surface area contributed by atoms with Gasteiger partial charge in [-0.15, -0.1) is 13.2 Å². The number of rotatable bonds is 6. The van der Waals surface area contributed by atoms with E-state index in [0.717, 1.165) is 29.3 Å². The maximum atomic E-state index is 12.2. The van der Waals surface area contributed by atoms with Crippen LogP contribution in [0.3, 0.4) is 0 Å². The lowest BCUT2D eigenvalue weighted by molar-refractivity contribution is -0.276. The summed E-state index contributed by atoms with van der Waals surface area (Å²) in [4.78, 5) is 3.70. The summed E-state index contributed by atoms with van der Waals surface area (Å²) in [5.41, 5.74) is 2.95. The average Bonchev–Trinajstić information content (AvgIpc) is 2.51. The molecule has 0 aliphatic heterocycles. The Labute approximate surface area is 132 Å². The number of anilines is 1. The number of benzene rings is 1. The van der Waals surface area contributed by atoms with Crippen molar-refractivity contribution in [1.29, 1.82) is 0 Å². The van der Waals surface area contributed by atoms with E-state index < -0.39 is 12.2 Å². The van der Waals surface area contributed by atoms with Gasteiger partial charge in [-0.1, -0.05) is 25.1 Å². The fourth-order valence-electron chi connectivity index (χ4n) is 2.17. The minimum Gasteiger partial charge on any atom is -0.473 e. The monoisotopic (exact) mass is 326 g/mol. The molecule has 0 unspecified atom stereocenters. The van der Waals surface area contributed by atoms with Crippen LogP contribution in [-0.4, -0.2) is 18.4 Å². The Morgan fingerprint density at radius 1 is 1.09 bits per heavy atom. The van der Waals surface area contributed by atoms with Crippen LogP contribution in [0, 0.1) is 0 Å². The predicted molar refractivity (Wildman–Crippen MR) is 80.6 cm³/mol. The highest BCUT2D eigenvalue weighted by Crippen LogP contribution is 2.25. The van der Waals surface area contributed by atoms with Gasteiger partial charge in [0.05, 0.1) is 0 Å². The number of nitrogens with one attached hydrogen (secondary N) is 1. The van der Waals surface area contributed by atoms with Crippen molar-refractivity contribution >= 4 is 5.69 Å². The average molecular weight is 326 g/mol. The van der Waals surface area contributed by atoms with E-state index in [-0.39, 0.29) is 12.5 Å². The Hall–Kier alpha value is -2.44. The molecule has 4 nitrogen and oxygen atoms in total. The van der Waals surface area contributed by atoms with E-state index in [2.05, 4.69) is 15.0 Å². The summed E-state index contributed by atoms with van der Waals surface area (Å²) in [6.07, 6.45) is -3.96. The standard InChI is InChI=1S/C16H17F3N2O2/c1-3-11-6-4-7-13(20-2)12(11)10-22-14-8-5-9-15(21-14)23-16(17,18)19/h4-9,20H,3,10H2,1-2H3. The molecule has 0 saturated heterocycles. The van der Waals surface area contributed by atoms with Crippen molar-refractivity contribution in [3.05, 3.63) is 47.5 Å². The maximum absolute atomic E-state index is 12.2. The lowest BCUT2D eigenvalue weighted by atomic mass is 10.0. The van der Waals surface area contributed by atoms with Gasteiger partial charge < -0.3 is 14.8 Å². The molecule has 0 spiro atoms. The first-order valence-corrected chi connectivity index (χ1v) is 7.07. The van der Waals surface area contributed by atoms with Crippen molar-refractivity contribution < 1.29 is 22.6 Å². The summed E-state index contributed by atoms with van der Waals surface area (Å²) in [7, 11) is 1.80. The summed E-state index contributed by atoms with van der Waals surface area (Å²) in [6.45, 7) is 2.22. The van der Waals surface area contributed by atoms with Crippen LogP contribution in [0.2, 0.25) is 0 Å². The topological polar surface area (TPSA) is 43.4 Å². The molecule has 1 aromatic carbocycles. The summed E-state index contributed by atoms with van der Waals surface area (Å²) in [6, 6.07) is 9.83. The SMILES string of the molecule is CCc1cccc(NC)c1COc1cccc(OC(F)(F)F)n1. The Balaban J connectivity index is 2.14. The molecular formula is C16H17F3N2O2. The van der Waals surface area contributed by atoms with Gasteiger partial charge in [-0.3, -0.25) is 0 Å². The third-order valence-electron chi connectivity index (χ3n) is 3.21. The molecular weight excluding hydrogens is 309 g/mol. The number of pyridine rings is 1. The third-order valence-corrected chi connectivity index (χ3v) is 3.21. The van der Waals surface area contributed by atoms with E-state index in [1.54, 1.807) is 7.05 Å². The minimum absolute atomic E-state index is 0.0692. The minimum atomic E-state index is -4.78. The molecule has 0 atom stereocenters. The summed E-state index contributed by atoms with van der Waals surface area (Å²) >= 11 is 0. The summed E-state index contributed by atoms with van der Waals surface area (Å²) in [5, 5.41) is 3.08. The second kappa shape index (κ2) is 7.21. The number of aryl methyl sites for hydroxylation is 1. The van der Waals surface area contributed by atoms with Crippen molar-refractivity contribution in [2.45, 2.75) is 26.3 Å². The number of hydrogen-bond donors (Lipinski definition) is 1. The highest BCUT2D eigenvalue weighted by molar-refractivity contribution is 5.54. The molecule has 1 heterocycles. The largest absolute Gasteiger partial charge is 0.574 e. The van der Waals surface area contributed by atoms with Gasteiger partial charge in [0.1, 0.15) is 6.61 Å². The Bertz CT molecular complexity index is 638. The zero-order valence-corrected chi connectivity index (χ0v) is 12.8. The third kappa shape index (κ3) is 4.77. The zero-order chi connectivity index (χ0) is 16.9. The Morgan fingerprint density at radius 3 is 2.43 bits per heavy atom. The highest BCUT2D eigenvalue weighted by Gasteiger charge is 2.31. The van der Waals surface area contributed by atoms with Gasteiger partial charge in [0.25, 0.3) is 0 Å². The van der Waals surface area contributed by atoms with Crippen LogP contribution in [0.4, 0.5) is 18.9 Å². The first-order valence-electron chi connectivity index (χ1n) is 7.07. The fraction of sp³-hybridized carbons (Fsp3) is 0.312. The summed E-state index contributed by atoms with van der Waals surface area (Å²) in [5.74, 6) is -0.479. The van der Waals surface area contributed by atoms with Crippen molar-refractivity contribution in [3.63, 3.8) is 0 Å². The van der Waals surface area contributed by atoms with Crippen LogP contribution in [0.25, 0.3) is 0 Å². The number of nitrogens with zero attached hydrogens (tertiary/aromatic N) is 1. The molecule has 0 amide bonds. The van der Waals surface area contributed by atoms with Crippen LogP contribution < -0.4 is 14.8 Å². The van der Waals surface area contributed by atoms with E-state index in [1.165, 1.54) is 12.1 Å². The van der Waals surface area contributed by atoms with E-state index in [0.29, 0.717) is 0 Å². The van der Waals surface area contributed by atoms with Gasteiger partial charge in [-0.25, -0.2) is 0 Å². The smallest absolute Gasteiger partial charge is 0.473 e. The first kappa shape index (κ1) is 16.9. The molecule has 2 rings (SSSR count). The molecule has 0 aliphatic carbocycles. The van der Waals surface area contributed by atoms with E-state index in [4.69, 9.17) is 4.74 Å². The lowest BCUT2D eigenvalue weighted by Crippen LogP contribution is -2.18. The van der Waals surface area contributed by atoms with Crippen molar-refractivity contribution in [1.82, 2.24) is 4.98 Å². The number of ether oxygens (including phenoxy) is 2. The zero-order valence-electron chi connectivity index (χ0n) is 12.8. The molecule has 1 aromatic heterocycles. The molecule has 7 heteroatoms. The van der Waals surface area contributed by atoms with Gasteiger partial charge in [-0.05, 0) is 18.1 Å². The second-order valence-electron chi connectivity index (χ2n) is 4.70. The van der Waals surface area contributed by atoms with Gasteiger partial charge in [0.15, 0.2) is 0 Å². The quantitative estimate of drug-likeness (QED) is 0.865. The van der Waals surface area contributed by atoms with Crippen LogP contribution in [0.5, 0.6) is 11.8 Å². The van der Waals surface area contributed by atoms with Gasteiger partial charge in [-0.2, -0.15) is 4.98 Å². The molecule has 23 heavy (non-hydrogen) atoms. The maximum Gasteiger partial charge on any atom is 0.574 e. The number of hydrogen-bond acceptors (Lipinski definition) is 4. The van der Waals surface area contributed by atoms with Gasteiger partial charge in [0.2, 0.25) is 11.8 Å². The van der Waals surface area contributed by atoms with E-state index in [9.17, 15) is 13.2 Å². The van der Waals surface area contributed by atoms with E-state index >= 15 is 0 Å². The summed E-state index contributed by atoms with van der Waals surface area (Å²) < 4.78 is 45.9. The van der Waals surface area contributed by atoms with Crippen LogP contribution in [0.1, 0.15) is 18.1 Å². The molecule has 0 bridgehead atoms. The van der Waals surface area contributed by atoms with Crippen molar-refractivity contribution in [3.8, 4) is 11.8 Å². The fourth-order valence-corrected chi connectivity index (χ4v) is 2.17. The number of aromatic nitrogens is 1. The lowest BCUT2D eigenvalue weighted by Gasteiger charge is -2.15. The second-order valence-corrected chi connectivity index (χ2v) is 4.70. The van der Waals surface area contributed by atoms with Crippen molar-refractivity contribution in [2.75, 3.05) is 12.4 Å². The molecule has 0 radical (unpaired) electrons. The highest BCUT2D eigenvalue weighted by atomic mass is 19.4. The Morgan fingerprint density at radius 2 is 1.78 bits per heavy atom. The predicted octanol–water partition coefficient (Wildman–Crippen LogP) is 4.16. The molecule has 0 fully saturated rings. The number of alkyl halides is 3. The Kier molecular flexibility index (Phi) is 5.31. The van der Waals surface area contributed by atoms with E-state index in [1.807, 2.05) is 25.1 Å². The molecule has 2 aromatic rings.